The number of aryl methyl sites for hydroxylation is 1. The van der Waals surface area contributed by atoms with Gasteiger partial charge in [-0.05, 0) is 51.5 Å². The summed E-state index contributed by atoms with van der Waals surface area (Å²) in [6.07, 6.45) is 7.72. The van der Waals surface area contributed by atoms with Gasteiger partial charge in [0, 0.05) is 17.3 Å². The van der Waals surface area contributed by atoms with Crippen LogP contribution in [0.3, 0.4) is 0 Å². The minimum Gasteiger partial charge on any atom is -0.462 e. The van der Waals surface area contributed by atoms with Gasteiger partial charge in [0.1, 0.15) is 10.8 Å². The third kappa shape index (κ3) is 4.27. The van der Waals surface area contributed by atoms with Crippen molar-refractivity contribution in [1.29, 1.82) is 0 Å². The minimum absolute atomic E-state index is 0.140. The number of carbonyl (C=O) groups excluding carboxylic acids is 2. The van der Waals surface area contributed by atoms with Crippen molar-refractivity contribution in [3.63, 3.8) is 0 Å². The van der Waals surface area contributed by atoms with Crippen molar-refractivity contribution in [1.82, 2.24) is 14.8 Å². The van der Waals surface area contributed by atoms with Gasteiger partial charge in [-0.3, -0.25) is 4.79 Å². The standard InChI is InChI=1S/C21H28N4O3S2/c1-3-25-18(13-8-5-6-9-13)23-24-21(25)29-12-16(26)22-19-17(20(27)28-4-2)14-10-7-11-15(14)30-19/h13H,3-12H2,1-2H3,(H,22,26). The predicted molar refractivity (Wildman–Crippen MR) is 119 cm³/mol. The van der Waals surface area contributed by atoms with E-state index in [9.17, 15) is 9.59 Å². The number of hydrogen-bond donors (Lipinski definition) is 1. The number of rotatable bonds is 8. The van der Waals surface area contributed by atoms with Crippen LogP contribution in [-0.2, 0) is 28.9 Å². The number of fused-ring (bicyclic) bond motifs is 1. The van der Waals surface area contributed by atoms with E-state index in [1.807, 2.05) is 0 Å². The van der Waals surface area contributed by atoms with Gasteiger partial charge in [0.2, 0.25) is 5.91 Å². The topological polar surface area (TPSA) is 86.1 Å². The highest BCUT2D eigenvalue weighted by atomic mass is 32.2. The van der Waals surface area contributed by atoms with Crippen LogP contribution in [0.5, 0.6) is 0 Å². The van der Waals surface area contributed by atoms with Crippen LogP contribution in [0, 0.1) is 0 Å². The molecule has 0 unspecified atom stereocenters. The normalized spacial score (nSPS) is 16.1. The Morgan fingerprint density at radius 2 is 2.00 bits per heavy atom. The van der Waals surface area contributed by atoms with Crippen LogP contribution in [0.25, 0.3) is 0 Å². The zero-order chi connectivity index (χ0) is 21.1. The van der Waals surface area contributed by atoms with E-state index in [-0.39, 0.29) is 17.6 Å². The molecule has 1 fully saturated rings. The molecule has 0 aromatic carbocycles. The molecule has 7 nitrogen and oxygen atoms in total. The Balaban J connectivity index is 1.43. The quantitative estimate of drug-likeness (QED) is 0.475. The molecule has 4 rings (SSSR count). The minimum atomic E-state index is -0.341. The summed E-state index contributed by atoms with van der Waals surface area (Å²) in [5.74, 6) is 1.29. The van der Waals surface area contributed by atoms with E-state index in [0.29, 0.717) is 23.1 Å². The molecule has 2 aromatic heterocycles. The second-order valence-electron chi connectivity index (χ2n) is 7.69. The van der Waals surface area contributed by atoms with E-state index in [1.54, 1.807) is 6.92 Å². The van der Waals surface area contributed by atoms with Crippen LogP contribution in [0.2, 0.25) is 0 Å². The number of thiophene rings is 1. The van der Waals surface area contributed by atoms with Crippen LogP contribution < -0.4 is 5.32 Å². The van der Waals surface area contributed by atoms with Crippen molar-refractivity contribution in [2.75, 3.05) is 17.7 Å². The molecule has 0 bridgehead atoms. The van der Waals surface area contributed by atoms with Gasteiger partial charge >= 0.3 is 5.97 Å². The summed E-state index contributed by atoms with van der Waals surface area (Å²) in [7, 11) is 0. The first-order valence-electron chi connectivity index (χ1n) is 10.8. The summed E-state index contributed by atoms with van der Waals surface area (Å²) >= 11 is 2.91. The average molecular weight is 449 g/mol. The van der Waals surface area contributed by atoms with Gasteiger partial charge < -0.3 is 14.6 Å². The van der Waals surface area contributed by atoms with Crippen molar-refractivity contribution in [2.24, 2.45) is 0 Å². The number of anilines is 1. The number of thioether (sulfide) groups is 1. The fourth-order valence-corrected chi connectivity index (χ4v) is 6.50. The zero-order valence-corrected chi connectivity index (χ0v) is 19.2. The lowest BCUT2D eigenvalue weighted by Gasteiger charge is -2.11. The molecule has 2 aliphatic rings. The maximum absolute atomic E-state index is 12.7. The molecular formula is C21H28N4O3S2. The monoisotopic (exact) mass is 448 g/mol. The second kappa shape index (κ2) is 9.51. The largest absolute Gasteiger partial charge is 0.462 e. The number of hydrogen-bond acceptors (Lipinski definition) is 7. The number of carbonyl (C=O) groups is 2. The number of nitrogens with zero attached hydrogens (tertiary/aromatic N) is 3. The van der Waals surface area contributed by atoms with E-state index < -0.39 is 0 Å². The summed E-state index contributed by atoms with van der Waals surface area (Å²) in [4.78, 5) is 26.3. The van der Waals surface area contributed by atoms with Crippen molar-refractivity contribution >= 4 is 40.0 Å². The van der Waals surface area contributed by atoms with Crippen LogP contribution in [-0.4, -0.2) is 39.0 Å². The summed E-state index contributed by atoms with van der Waals surface area (Å²) in [5, 5.41) is 13.1. The molecule has 9 heteroatoms. The first-order valence-corrected chi connectivity index (χ1v) is 12.6. The maximum atomic E-state index is 12.7. The molecule has 0 radical (unpaired) electrons. The lowest BCUT2D eigenvalue weighted by molar-refractivity contribution is -0.113. The van der Waals surface area contributed by atoms with Crippen molar-refractivity contribution in [3.8, 4) is 0 Å². The Morgan fingerprint density at radius 3 is 2.73 bits per heavy atom. The van der Waals surface area contributed by atoms with E-state index in [2.05, 4.69) is 27.0 Å². The summed E-state index contributed by atoms with van der Waals surface area (Å²) in [6, 6.07) is 0. The predicted octanol–water partition coefficient (Wildman–Crippen LogP) is 4.41. The van der Waals surface area contributed by atoms with Gasteiger partial charge in [0.15, 0.2) is 5.16 Å². The molecule has 2 heterocycles. The Bertz CT molecular complexity index is 931. The Hall–Kier alpha value is -1.87. The molecule has 0 atom stereocenters. The lowest BCUT2D eigenvalue weighted by Crippen LogP contribution is -2.17. The molecule has 0 spiro atoms. The molecule has 0 saturated heterocycles. The highest BCUT2D eigenvalue weighted by Gasteiger charge is 2.29. The second-order valence-corrected chi connectivity index (χ2v) is 9.73. The third-order valence-electron chi connectivity index (χ3n) is 5.77. The highest BCUT2D eigenvalue weighted by molar-refractivity contribution is 7.99. The fraction of sp³-hybridized carbons (Fsp3) is 0.619. The molecule has 2 aromatic rings. The third-order valence-corrected chi connectivity index (χ3v) is 7.94. The van der Waals surface area contributed by atoms with Crippen LogP contribution in [0.1, 0.15) is 78.5 Å². The van der Waals surface area contributed by atoms with Gasteiger partial charge in [-0.15, -0.1) is 21.5 Å². The molecule has 0 aliphatic heterocycles. The number of amides is 1. The summed E-state index contributed by atoms with van der Waals surface area (Å²) in [6.45, 7) is 5.00. The van der Waals surface area contributed by atoms with Crippen LogP contribution >= 0.6 is 23.1 Å². The highest BCUT2D eigenvalue weighted by Crippen LogP contribution is 2.40. The van der Waals surface area contributed by atoms with Gasteiger partial charge in [-0.25, -0.2) is 4.79 Å². The Kier molecular flexibility index (Phi) is 6.77. The molecule has 2 aliphatic carbocycles. The van der Waals surface area contributed by atoms with E-state index in [1.165, 1.54) is 53.7 Å². The summed E-state index contributed by atoms with van der Waals surface area (Å²) < 4.78 is 7.37. The van der Waals surface area contributed by atoms with Crippen molar-refractivity contribution in [3.05, 3.63) is 21.8 Å². The molecule has 1 amide bonds. The van der Waals surface area contributed by atoms with Crippen LogP contribution in [0.4, 0.5) is 5.00 Å². The molecule has 1 N–H and O–H groups in total. The van der Waals surface area contributed by atoms with Gasteiger partial charge in [0.25, 0.3) is 0 Å². The smallest absolute Gasteiger partial charge is 0.341 e. The van der Waals surface area contributed by atoms with Gasteiger partial charge in [-0.1, -0.05) is 24.6 Å². The number of nitrogens with one attached hydrogen (secondary N) is 1. The Morgan fingerprint density at radius 1 is 1.20 bits per heavy atom. The fourth-order valence-electron chi connectivity index (χ4n) is 4.39. The van der Waals surface area contributed by atoms with Gasteiger partial charge in [-0.2, -0.15) is 0 Å². The number of aromatic nitrogens is 3. The van der Waals surface area contributed by atoms with E-state index in [0.717, 1.165) is 42.4 Å². The SMILES string of the molecule is CCOC(=O)c1c(NC(=O)CSc2nnc(C3CCCC3)n2CC)sc2c1CCC2. The number of esters is 1. The summed E-state index contributed by atoms with van der Waals surface area (Å²) in [5.41, 5.74) is 1.60. The first-order chi connectivity index (χ1) is 14.6. The number of ether oxygens (including phenoxy) is 1. The van der Waals surface area contributed by atoms with Crippen molar-refractivity contribution < 1.29 is 14.3 Å². The molecule has 162 valence electrons. The average Bonchev–Trinajstić information content (AvgIpc) is 3.49. The first kappa shape index (κ1) is 21.4. The van der Waals surface area contributed by atoms with Crippen LogP contribution in [0.15, 0.2) is 5.16 Å². The van der Waals surface area contributed by atoms with E-state index >= 15 is 0 Å². The molecule has 1 saturated carbocycles. The van der Waals surface area contributed by atoms with Crippen molar-refractivity contribution in [2.45, 2.75) is 76.4 Å². The molecular weight excluding hydrogens is 420 g/mol. The van der Waals surface area contributed by atoms with Gasteiger partial charge in [0.05, 0.1) is 17.9 Å². The maximum Gasteiger partial charge on any atom is 0.341 e. The molecule has 30 heavy (non-hydrogen) atoms. The Labute approximate surface area is 185 Å². The zero-order valence-electron chi connectivity index (χ0n) is 17.5. The van der Waals surface area contributed by atoms with E-state index in [4.69, 9.17) is 4.74 Å². The lowest BCUT2D eigenvalue weighted by atomic mass is 10.1.